The zero-order valence-corrected chi connectivity index (χ0v) is 19.6. The number of thioether (sulfide) groups is 1. The molecule has 0 spiro atoms. The second kappa shape index (κ2) is 9.78. The standard InChI is InChI=1S/C23H24N6O3S/c1-28-13-17(21(27-28)15-8-6-5-7-9-15)22-25-26-23(29(22)2)33-14-20(30)24-16-10-11-18(31-3)19(12-16)32-4/h5-13H,14H2,1-4H3,(H,24,30). The van der Waals surface area contributed by atoms with Gasteiger partial charge in [0.05, 0.1) is 25.5 Å². The van der Waals surface area contributed by atoms with Crippen molar-refractivity contribution in [1.82, 2.24) is 24.5 Å². The van der Waals surface area contributed by atoms with E-state index in [0.717, 1.165) is 16.8 Å². The van der Waals surface area contributed by atoms with Crippen molar-refractivity contribution in [1.29, 1.82) is 0 Å². The molecule has 1 amide bonds. The lowest BCUT2D eigenvalue weighted by molar-refractivity contribution is -0.113. The number of methoxy groups -OCH3 is 2. The maximum atomic E-state index is 12.5. The van der Waals surface area contributed by atoms with E-state index in [4.69, 9.17) is 9.47 Å². The number of nitrogens with one attached hydrogen (secondary N) is 1. The largest absolute Gasteiger partial charge is 0.493 e. The van der Waals surface area contributed by atoms with Gasteiger partial charge >= 0.3 is 0 Å². The van der Waals surface area contributed by atoms with Gasteiger partial charge in [0.1, 0.15) is 5.69 Å². The number of carbonyl (C=O) groups is 1. The van der Waals surface area contributed by atoms with Crippen molar-refractivity contribution >= 4 is 23.4 Å². The molecule has 1 N–H and O–H groups in total. The number of benzene rings is 2. The predicted octanol–water partition coefficient (Wildman–Crippen LogP) is 3.63. The van der Waals surface area contributed by atoms with E-state index in [0.29, 0.717) is 28.2 Å². The monoisotopic (exact) mass is 464 g/mol. The van der Waals surface area contributed by atoms with Gasteiger partial charge in [0.25, 0.3) is 0 Å². The smallest absolute Gasteiger partial charge is 0.234 e. The van der Waals surface area contributed by atoms with Gasteiger partial charge in [0.15, 0.2) is 22.5 Å². The number of hydrogen-bond donors (Lipinski definition) is 1. The van der Waals surface area contributed by atoms with Crippen molar-refractivity contribution in [2.45, 2.75) is 5.16 Å². The number of aryl methyl sites for hydroxylation is 1. The van der Waals surface area contributed by atoms with E-state index in [1.54, 1.807) is 37.1 Å². The third-order valence-electron chi connectivity index (χ3n) is 4.95. The second-order valence-electron chi connectivity index (χ2n) is 7.20. The molecule has 0 bridgehead atoms. The number of nitrogens with zero attached hydrogens (tertiary/aromatic N) is 5. The number of anilines is 1. The zero-order valence-electron chi connectivity index (χ0n) is 18.8. The van der Waals surface area contributed by atoms with Crippen LogP contribution >= 0.6 is 11.8 Å². The summed E-state index contributed by atoms with van der Waals surface area (Å²) in [6, 6.07) is 15.2. The van der Waals surface area contributed by atoms with Crippen LogP contribution in [0.15, 0.2) is 59.9 Å². The molecule has 170 valence electrons. The van der Waals surface area contributed by atoms with Crippen LogP contribution in [0.3, 0.4) is 0 Å². The molecular formula is C23H24N6O3S. The van der Waals surface area contributed by atoms with Gasteiger partial charge in [0, 0.05) is 37.6 Å². The van der Waals surface area contributed by atoms with Crippen molar-refractivity contribution in [2.75, 3.05) is 25.3 Å². The van der Waals surface area contributed by atoms with Gasteiger partial charge in [-0.1, -0.05) is 42.1 Å². The van der Waals surface area contributed by atoms with Crippen molar-refractivity contribution < 1.29 is 14.3 Å². The van der Waals surface area contributed by atoms with E-state index in [-0.39, 0.29) is 11.7 Å². The van der Waals surface area contributed by atoms with Crippen LogP contribution in [0, 0.1) is 0 Å². The van der Waals surface area contributed by atoms with Crippen LogP contribution in [0.4, 0.5) is 5.69 Å². The van der Waals surface area contributed by atoms with Gasteiger partial charge in [-0.15, -0.1) is 10.2 Å². The fourth-order valence-electron chi connectivity index (χ4n) is 3.38. The number of ether oxygens (including phenoxy) is 2. The molecule has 10 heteroatoms. The fourth-order valence-corrected chi connectivity index (χ4v) is 4.09. The topological polar surface area (TPSA) is 96.1 Å². The third kappa shape index (κ3) is 4.85. The molecule has 0 saturated carbocycles. The summed E-state index contributed by atoms with van der Waals surface area (Å²) in [5.74, 6) is 1.85. The normalized spacial score (nSPS) is 10.8. The Bertz CT molecular complexity index is 1270. The quantitative estimate of drug-likeness (QED) is 0.398. The first-order valence-electron chi connectivity index (χ1n) is 10.1. The summed E-state index contributed by atoms with van der Waals surface area (Å²) in [6.45, 7) is 0. The summed E-state index contributed by atoms with van der Waals surface area (Å²) >= 11 is 1.31. The number of amides is 1. The molecule has 2 aromatic heterocycles. The fraction of sp³-hybridized carbons (Fsp3) is 0.217. The van der Waals surface area contributed by atoms with E-state index in [9.17, 15) is 4.79 Å². The maximum Gasteiger partial charge on any atom is 0.234 e. The molecule has 0 fully saturated rings. The molecule has 0 unspecified atom stereocenters. The molecule has 4 rings (SSSR count). The molecule has 4 aromatic rings. The summed E-state index contributed by atoms with van der Waals surface area (Å²) in [5.41, 5.74) is 3.33. The summed E-state index contributed by atoms with van der Waals surface area (Å²) in [7, 11) is 6.87. The average molecular weight is 465 g/mol. The second-order valence-corrected chi connectivity index (χ2v) is 8.15. The molecule has 0 aliphatic carbocycles. The van der Waals surface area contributed by atoms with E-state index in [2.05, 4.69) is 20.6 Å². The van der Waals surface area contributed by atoms with Gasteiger partial charge < -0.3 is 19.4 Å². The van der Waals surface area contributed by atoms with Crippen molar-refractivity contribution in [3.05, 3.63) is 54.7 Å². The molecule has 0 aliphatic rings. The Morgan fingerprint density at radius 3 is 2.52 bits per heavy atom. The Morgan fingerprint density at radius 1 is 1.03 bits per heavy atom. The van der Waals surface area contributed by atoms with Crippen molar-refractivity contribution in [3.8, 4) is 34.1 Å². The minimum Gasteiger partial charge on any atom is -0.493 e. The average Bonchev–Trinajstić information content (AvgIpc) is 3.40. The van der Waals surface area contributed by atoms with Crippen LogP contribution < -0.4 is 14.8 Å². The molecule has 2 aromatic carbocycles. The Balaban J connectivity index is 1.47. The van der Waals surface area contributed by atoms with E-state index < -0.39 is 0 Å². The molecule has 0 atom stereocenters. The molecule has 0 radical (unpaired) electrons. The minimum atomic E-state index is -0.164. The third-order valence-corrected chi connectivity index (χ3v) is 5.97. The zero-order chi connectivity index (χ0) is 23.4. The first-order chi connectivity index (χ1) is 16.0. The molecule has 0 saturated heterocycles. The first-order valence-corrected chi connectivity index (χ1v) is 11.1. The lowest BCUT2D eigenvalue weighted by Gasteiger charge is -2.10. The number of rotatable bonds is 8. The van der Waals surface area contributed by atoms with Crippen LogP contribution in [0.5, 0.6) is 11.5 Å². The lowest BCUT2D eigenvalue weighted by Crippen LogP contribution is -2.14. The van der Waals surface area contributed by atoms with Crippen LogP contribution in [-0.2, 0) is 18.9 Å². The van der Waals surface area contributed by atoms with Crippen LogP contribution in [-0.4, -0.2) is 50.4 Å². The molecule has 9 nitrogen and oxygen atoms in total. The number of aromatic nitrogens is 5. The number of carbonyl (C=O) groups excluding carboxylic acids is 1. The highest BCUT2D eigenvalue weighted by atomic mass is 32.2. The molecular weight excluding hydrogens is 440 g/mol. The Kier molecular flexibility index (Phi) is 6.64. The summed E-state index contributed by atoms with van der Waals surface area (Å²) in [6.07, 6.45) is 1.92. The van der Waals surface area contributed by atoms with E-state index in [1.807, 2.05) is 55.2 Å². The SMILES string of the molecule is COc1ccc(NC(=O)CSc2nnc(-c3cn(C)nc3-c3ccccc3)n2C)cc1OC. The van der Waals surface area contributed by atoms with E-state index in [1.165, 1.54) is 11.8 Å². The Hall–Kier alpha value is -3.79. The van der Waals surface area contributed by atoms with Gasteiger partial charge in [-0.05, 0) is 12.1 Å². The van der Waals surface area contributed by atoms with Gasteiger partial charge in [-0.2, -0.15) is 5.10 Å². The van der Waals surface area contributed by atoms with Crippen molar-refractivity contribution in [2.24, 2.45) is 14.1 Å². The summed E-state index contributed by atoms with van der Waals surface area (Å²) in [5, 5.41) is 16.8. The van der Waals surface area contributed by atoms with Crippen LogP contribution in [0.1, 0.15) is 0 Å². The van der Waals surface area contributed by atoms with Gasteiger partial charge in [-0.25, -0.2) is 0 Å². The van der Waals surface area contributed by atoms with E-state index >= 15 is 0 Å². The molecule has 0 aliphatic heterocycles. The summed E-state index contributed by atoms with van der Waals surface area (Å²) in [4.78, 5) is 12.5. The Labute approximate surface area is 195 Å². The van der Waals surface area contributed by atoms with Crippen LogP contribution in [0.25, 0.3) is 22.6 Å². The summed E-state index contributed by atoms with van der Waals surface area (Å²) < 4.78 is 14.1. The highest BCUT2D eigenvalue weighted by molar-refractivity contribution is 7.99. The van der Waals surface area contributed by atoms with Crippen molar-refractivity contribution in [3.63, 3.8) is 0 Å². The van der Waals surface area contributed by atoms with Gasteiger partial charge in [-0.3, -0.25) is 9.48 Å². The first kappa shape index (κ1) is 22.4. The minimum absolute atomic E-state index is 0.164. The highest BCUT2D eigenvalue weighted by Crippen LogP contribution is 2.32. The molecule has 2 heterocycles. The van der Waals surface area contributed by atoms with Crippen LogP contribution in [0.2, 0.25) is 0 Å². The lowest BCUT2D eigenvalue weighted by atomic mass is 10.1. The maximum absolute atomic E-state index is 12.5. The predicted molar refractivity (Wildman–Crippen MR) is 128 cm³/mol. The molecule has 33 heavy (non-hydrogen) atoms. The van der Waals surface area contributed by atoms with Gasteiger partial charge in [0.2, 0.25) is 5.91 Å². The number of hydrogen-bond acceptors (Lipinski definition) is 7. The highest BCUT2D eigenvalue weighted by Gasteiger charge is 2.19. The Morgan fingerprint density at radius 2 is 1.79 bits per heavy atom.